The van der Waals surface area contributed by atoms with E-state index in [0.29, 0.717) is 31.2 Å². The summed E-state index contributed by atoms with van der Waals surface area (Å²) in [6.07, 6.45) is 3.25. The van der Waals surface area contributed by atoms with Crippen molar-refractivity contribution in [1.82, 2.24) is 0 Å². The molecular weight excluding hydrogens is 375 g/mol. The molecule has 28 heavy (non-hydrogen) atoms. The van der Waals surface area contributed by atoms with Crippen LogP contribution < -0.4 is 5.46 Å². The summed E-state index contributed by atoms with van der Waals surface area (Å²) in [4.78, 5) is 13.2. The number of sulfone groups is 1. The van der Waals surface area contributed by atoms with E-state index in [2.05, 4.69) is 0 Å². The summed E-state index contributed by atoms with van der Waals surface area (Å²) >= 11 is 0. The highest BCUT2D eigenvalue weighted by atomic mass is 32.2. The van der Waals surface area contributed by atoms with E-state index in [1.54, 1.807) is 0 Å². The maximum absolute atomic E-state index is 13.2. The molecule has 3 heterocycles. The van der Waals surface area contributed by atoms with Gasteiger partial charge in [0.05, 0.1) is 21.7 Å². The van der Waals surface area contributed by atoms with E-state index in [0.717, 1.165) is 11.9 Å². The largest absolute Gasteiger partial charge is 0.494 e. The van der Waals surface area contributed by atoms with E-state index in [4.69, 9.17) is 9.31 Å². The normalized spacial score (nSPS) is 32.9. The second-order valence-electron chi connectivity index (χ2n) is 9.51. The van der Waals surface area contributed by atoms with Crippen molar-refractivity contribution in [2.75, 3.05) is 0 Å². The molecule has 0 amide bonds. The Morgan fingerprint density at radius 2 is 1.61 bits per heavy atom. The lowest BCUT2D eigenvalue weighted by molar-refractivity contribution is 0.00578. The number of ketones is 1. The van der Waals surface area contributed by atoms with Crippen molar-refractivity contribution in [3.05, 3.63) is 29.8 Å². The lowest BCUT2D eigenvalue weighted by Gasteiger charge is -2.38. The van der Waals surface area contributed by atoms with Crippen LogP contribution in [0.2, 0.25) is 0 Å². The third-order valence-corrected chi connectivity index (χ3v) is 9.86. The van der Waals surface area contributed by atoms with Gasteiger partial charge in [-0.1, -0.05) is 30.7 Å². The first kappa shape index (κ1) is 20.1. The van der Waals surface area contributed by atoms with Crippen molar-refractivity contribution in [3.8, 4) is 0 Å². The van der Waals surface area contributed by atoms with Crippen molar-refractivity contribution in [2.45, 2.75) is 81.5 Å². The van der Waals surface area contributed by atoms with Gasteiger partial charge in [0.15, 0.2) is 15.6 Å². The lowest BCUT2D eigenvalue weighted by atomic mass is 9.77. The molecular formula is C21H29BO5S. The molecule has 3 aliphatic heterocycles. The molecule has 3 saturated heterocycles. The monoisotopic (exact) mass is 404 g/mol. The number of carbonyl (C=O) groups excluding carboxylic acids is 1. The van der Waals surface area contributed by atoms with Crippen LogP contribution in [-0.4, -0.2) is 43.0 Å². The zero-order valence-corrected chi connectivity index (χ0v) is 17.9. The molecule has 1 aromatic carbocycles. The Balaban J connectivity index is 1.55. The highest BCUT2D eigenvalue weighted by Crippen LogP contribution is 2.40. The first-order valence-corrected chi connectivity index (χ1v) is 11.8. The Morgan fingerprint density at radius 3 is 2.18 bits per heavy atom. The molecule has 0 N–H and O–H groups in total. The summed E-state index contributed by atoms with van der Waals surface area (Å²) in [6, 6.07) is 7.44. The summed E-state index contributed by atoms with van der Waals surface area (Å²) in [5, 5.41) is -0.694. The third-order valence-electron chi connectivity index (χ3n) is 7.14. The Labute approximate surface area is 168 Å². The number of Topliss-reactive ketones (excluding diaryl/α,β-unsaturated/α-hetero) is 1. The fourth-order valence-corrected chi connectivity index (χ4v) is 7.21. The maximum atomic E-state index is 13.2. The van der Waals surface area contributed by atoms with Crippen LogP contribution in [0.3, 0.4) is 0 Å². The van der Waals surface area contributed by atoms with Gasteiger partial charge in [-0.2, -0.15) is 0 Å². The quantitative estimate of drug-likeness (QED) is 0.572. The molecule has 0 spiro atoms. The standard InChI is InChI=1S/C21H29BO5S/c1-20(2)21(3,4)27-22(26-20)16-8-5-7-14(11-16)19(23)15-12-17-9-6-10-18(13-15)28(17,24)25/h5,7-8,11,15,17-18H,6,9-10,12-13H2,1-4H3. The Bertz CT molecular complexity index is 856. The minimum absolute atomic E-state index is 0.0465. The number of fused-ring (bicyclic) bond motifs is 2. The zero-order chi connectivity index (χ0) is 20.3. The molecule has 0 saturated carbocycles. The molecule has 2 atom stereocenters. The average Bonchev–Trinajstić information content (AvgIpc) is 2.81. The lowest BCUT2D eigenvalue weighted by Crippen LogP contribution is -2.45. The molecule has 5 nitrogen and oxygen atoms in total. The number of hydrogen-bond donors (Lipinski definition) is 0. The SMILES string of the molecule is CC1(C)OB(c2cccc(C(=O)C3CC4CCCC(C3)S4(=O)=O)c2)OC1(C)C. The number of rotatable bonds is 3. The van der Waals surface area contributed by atoms with Gasteiger partial charge in [0.25, 0.3) is 0 Å². The summed E-state index contributed by atoms with van der Waals surface area (Å²) in [6.45, 7) is 8.01. The van der Waals surface area contributed by atoms with Gasteiger partial charge in [0, 0.05) is 11.5 Å². The molecule has 3 fully saturated rings. The number of carbonyl (C=O) groups is 1. The van der Waals surface area contributed by atoms with Gasteiger partial charge in [-0.25, -0.2) is 8.42 Å². The van der Waals surface area contributed by atoms with Gasteiger partial charge >= 0.3 is 7.12 Å². The molecule has 0 aliphatic carbocycles. The van der Waals surface area contributed by atoms with Gasteiger partial charge < -0.3 is 9.31 Å². The number of benzene rings is 1. The van der Waals surface area contributed by atoms with Gasteiger partial charge in [0.1, 0.15) is 0 Å². The van der Waals surface area contributed by atoms with Gasteiger partial charge in [-0.05, 0) is 58.8 Å². The molecule has 1 aromatic rings. The van der Waals surface area contributed by atoms with Gasteiger partial charge in [-0.3, -0.25) is 4.79 Å². The van der Waals surface area contributed by atoms with Crippen LogP contribution in [-0.2, 0) is 19.1 Å². The maximum Gasteiger partial charge on any atom is 0.494 e. The van der Waals surface area contributed by atoms with E-state index in [-0.39, 0.29) is 22.2 Å². The van der Waals surface area contributed by atoms with Crippen molar-refractivity contribution in [2.24, 2.45) is 5.92 Å². The minimum Gasteiger partial charge on any atom is -0.399 e. The molecule has 7 heteroatoms. The van der Waals surface area contributed by atoms with Gasteiger partial charge in [-0.15, -0.1) is 0 Å². The van der Waals surface area contributed by atoms with Crippen LogP contribution in [0.1, 0.15) is 70.2 Å². The van der Waals surface area contributed by atoms with Crippen LogP contribution >= 0.6 is 0 Å². The van der Waals surface area contributed by atoms with Crippen molar-refractivity contribution < 1.29 is 22.5 Å². The minimum atomic E-state index is -3.05. The molecule has 4 rings (SSSR count). The third kappa shape index (κ3) is 3.25. The second-order valence-corrected chi connectivity index (χ2v) is 12.0. The van der Waals surface area contributed by atoms with Crippen molar-refractivity contribution in [1.29, 1.82) is 0 Å². The van der Waals surface area contributed by atoms with Crippen molar-refractivity contribution >= 4 is 28.2 Å². The molecule has 152 valence electrons. The van der Waals surface area contributed by atoms with Gasteiger partial charge in [0.2, 0.25) is 0 Å². The molecule has 3 aliphatic rings. The predicted molar refractivity (Wildman–Crippen MR) is 110 cm³/mol. The fourth-order valence-electron chi connectivity index (χ4n) is 4.68. The van der Waals surface area contributed by atoms with Crippen LogP contribution in [0, 0.1) is 5.92 Å². The topological polar surface area (TPSA) is 69.7 Å². The Kier molecular flexibility index (Phi) is 4.80. The Morgan fingerprint density at radius 1 is 1.04 bits per heavy atom. The van der Waals surface area contributed by atoms with E-state index < -0.39 is 28.2 Å². The Hall–Kier alpha value is -1.18. The summed E-state index contributed by atoms with van der Waals surface area (Å²) in [7, 11) is -3.56. The van der Waals surface area contributed by atoms with Crippen LogP contribution in [0.5, 0.6) is 0 Å². The second kappa shape index (κ2) is 6.68. The average molecular weight is 404 g/mol. The van der Waals surface area contributed by atoms with Crippen LogP contribution in [0.15, 0.2) is 24.3 Å². The van der Waals surface area contributed by atoms with Crippen molar-refractivity contribution in [3.63, 3.8) is 0 Å². The first-order chi connectivity index (χ1) is 13.0. The highest BCUT2D eigenvalue weighted by molar-refractivity contribution is 7.92. The molecule has 2 unspecified atom stereocenters. The fraction of sp³-hybridized carbons (Fsp3) is 0.667. The summed E-state index contributed by atoms with van der Waals surface area (Å²) in [5.74, 6) is -0.169. The number of hydrogen-bond acceptors (Lipinski definition) is 5. The summed E-state index contributed by atoms with van der Waals surface area (Å²) < 4.78 is 37.2. The van der Waals surface area contributed by atoms with E-state index >= 15 is 0 Å². The highest BCUT2D eigenvalue weighted by Gasteiger charge is 2.52. The van der Waals surface area contributed by atoms with Crippen LogP contribution in [0.25, 0.3) is 0 Å². The van der Waals surface area contributed by atoms with E-state index in [9.17, 15) is 13.2 Å². The summed E-state index contributed by atoms with van der Waals surface area (Å²) in [5.41, 5.74) is 0.572. The molecule has 0 aromatic heterocycles. The first-order valence-electron chi connectivity index (χ1n) is 10.2. The van der Waals surface area contributed by atoms with E-state index in [1.807, 2.05) is 52.0 Å². The predicted octanol–water partition coefficient (Wildman–Crippen LogP) is 2.91. The van der Waals surface area contributed by atoms with E-state index in [1.165, 1.54) is 0 Å². The van der Waals surface area contributed by atoms with Crippen LogP contribution in [0.4, 0.5) is 0 Å². The zero-order valence-electron chi connectivity index (χ0n) is 17.1. The molecule has 0 radical (unpaired) electrons. The molecule has 2 bridgehead atoms. The smallest absolute Gasteiger partial charge is 0.399 e.